The van der Waals surface area contributed by atoms with E-state index in [4.69, 9.17) is 13.7 Å². The number of allylic oxidation sites excluding steroid dienone is 1. The third-order valence-corrected chi connectivity index (χ3v) is 6.89. The summed E-state index contributed by atoms with van der Waals surface area (Å²) < 4.78 is 43.6. The van der Waals surface area contributed by atoms with Crippen LogP contribution in [-0.4, -0.2) is 25.9 Å². The van der Waals surface area contributed by atoms with Gasteiger partial charge >= 0.3 is 10.1 Å². The van der Waals surface area contributed by atoms with Crippen molar-refractivity contribution in [3.63, 3.8) is 0 Å². The fourth-order valence-corrected chi connectivity index (χ4v) is 4.87. The molecule has 0 spiro atoms. The van der Waals surface area contributed by atoms with Gasteiger partial charge in [-0.3, -0.25) is 4.79 Å². The molecule has 1 aliphatic rings. The van der Waals surface area contributed by atoms with Crippen LogP contribution in [0.1, 0.15) is 22.8 Å². The number of carbonyl (C=O) groups is 1. The molecule has 0 atom stereocenters. The lowest BCUT2D eigenvalue weighted by molar-refractivity contribution is 0.101. The van der Waals surface area contributed by atoms with Gasteiger partial charge in [0, 0.05) is 35.3 Å². The lowest BCUT2D eigenvalue weighted by Crippen LogP contribution is -2.09. The average molecular weight is 476 g/mol. The second kappa shape index (κ2) is 8.39. The first-order valence-corrected chi connectivity index (χ1v) is 12.0. The van der Waals surface area contributed by atoms with E-state index >= 15 is 0 Å². The first-order valence-electron chi connectivity index (χ1n) is 10.6. The summed E-state index contributed by atoms with van der Waals surface area (Å²) in [6.07, 6.45) is 3.65. The van der Waals surface area contributed by atoms with Gasteiger partial charge in [0.2, 0.25) is 5.78 Å². The van der Waals surface area contributed by atoms with Gasteiger partial charge in [0.1, 0.15) is 22.1 Å². The van der Waals surface area contributed by atoms with Crippen molar-refractivity contribution in [3.05, 3.63) is 89.8 Å². The molecule has 0 unspecified atom stereocenters. The van der Waals surface area contributed by atoms with Crippen LogP contribution in [0.25, 0.3) is 17.0 Å². The number of fused-ring (bicyclic) bond motifs is 2. The van der Waals surface area contributed by atoms with Gasteiger partial charge in [-0.15, -0.1) is 0 Å². The summed E-state index contributed by atoms with van der Waals surface area (Å²) in [6.45, 7) is 2.80. The fraction of sp³-hybridized carbons (Fsp3) is 0.115. The number of Topliss-reactive ketones (excluding diaryl/α,β-unsaturated/α-hetero) is 1. The van der Waals surface area contributed by atoms with Crippen LogP contribution in [0.3, 0.4) is 0 Å². The summed E-state index contributed by atoms with van der Waals surface area (Å²) in [4.78, 5) is 13.0. The molecule has 3 aromatic carbocycles. The van der Waals surface area contributed by atoms with Gasteiger partial charge in [0.15, 0.2) is 5.76 Å². The Morgan fingerprint density at radius 3 is 2.50 bits per heavy atom. The first-order chi connectivity index (χ1) is 16.4. The highest BCUT2D eigenvalue weighted by molar-refractivity contribution is 7.87. The van der Waals surface area contributed by atoms with Crippen LogP contribution < -0.4 is 13.7 Å². The van der Waals surface area contributed by atoms with Crippen LogP contribution in [-0.2, 0) is 16.7 Å². The topological polar surface area (TPSA) is 83.8 Å². The Bertz CT molecular complexity index is 1550. The highest BCUT2D eigenvalue weighted by atomic mass is 32.2. The van der Waals surface area contributed by atoms with Crippen LogP contribution >= 0.6 is 0 Å². The van der Waals surface area contributed by atoms with E-state index in [1.165, 1.54) is 30.3 Å². The fourth-order valence-electron chi connectivity index (χ4n) is 3.93. The molecule has 0 amide bonds. The number of benzene rings is 3. The quantitative estimate of drug-likeness (QED) is 0.287. The Balaban J connectivity index is 1.47. The second-order valence-corrected chi connectivity index (χ2v) is 9.25. The zero-order valence-electron chi connectivity index (χ0n) is 18.5. The minimum Gasteiger partial charge on any atom is -0.497 e. The van der Waals surface area contributed by atoms with E-state index in [2.05, 4.69) is 4.57 Å². The van der Waals surface area contributed by atoms with Crippen LogP contribution in [0.4, 0.5) is 0 Å². The summed E-state index contributed by atoms with van der Waals surface area (Å²) in [7, 11) is -2.40. The average Bonchev–Trinajstić information content (AvgIpc) is 3.35. The number of aryl methyl sites for hydroxylation is 1. The molecule has 0 aliphatic carbocycles. The van der Waals surface area contributed by atoms with Crippen molar-refractivity contribution < 1.29 is 26.9 Å². The van der Waals surface area contributed by atoms with Crippen LogP contribution in [0.2, 0.25) is 0 Å². The smallest absolute Gasteiger partial charge is 0.339 e. The molecule has 8 heteroatoms. The third kappa shape index (κ3) is 3.82. The van der Waals surface area contributed by atoms with Gasteiger partial charge in [0.25, 0.3) is 0 Å². The number of hydrogen-bond donors (Lipinski definition) is 0. The predicted octanol–water partition coefficient (Wildman–Crippen LogP) is 5.05. The molecule has 0 N–H and O–H groups in total. The van der Waals surface area contributed by atoms with Gasteiger partial charge in [0.05, 0.1) is 12.7 Å². The highest BCUT2D eigenvalue weighted by Gasteiger charge is 2.29. The van der Waals surface area contributed by atoms with E-state index in [1.807, 2.05) is 31.3 Å². The van der Waals surface area contributed by atoms with Crippen molar-refractivity contribution >= 4 is 32.9 Å². The summed E-state index contributed by atoms with van der Waals surface area (Å²) >= 11 is 0. The summed E-state index contributed by atoms with van der Waals surface area (Å²) in [5, 5.41) is 0.930. The van der Waals surface area contributed by atoms with Crippen molar-refractivity contribution in [1.29, 1.82) is 0 Å². The summed E-state index contributed by atoms with van der Waals surface area (Å²) in [5.41, 5.74) is 2.17. The molecular formula is C26H21NO6S. The normalized spacial score (nSPS) is 14.3. The van der Waals surface area contributed by atoms with E-state index in [0.29, 0.717) is 11.3 Å². The number of rotatable bonds is 6. The number of methoxy groups -OCH3 is 1. The number of ether oxygens (including phenoxy) is 2. The molecule has 1 aliphatic heterocycles. The molecule has 5 rings (SSSR count). The molecule has 0 saturated carbocycles. The SMILES string of the molecule is CCn1cc(C=C2Oc3cc(OS(=O)(=O)c4ccccc4)ccc3C2=O)c2cc(OC)ccc21. The molecule has 0 radical (unpaired) electrons. The molecule has 172 valence electrons. The molecule has 7 nitrogen and oxygen atoms in total. The molecule has 34 heavy (non-hydrogen) atoms. The van der Waals surface area contributed by atoms with E-state index in [1.54, 1.807) is 31.4 Å². The van der Waals surface area contributed by atoms with Gasteiger partial charge < -0.3 is 18.2 Å². The summed E-state index contributed by atoms with van der Waals surface area (Å²) in [6, 6.07) is 18.0. The Labute approximate surface area is 196 Å². The number of carbonyl (C=O) groups excluding carboxylic acids is 1. The maximum absolute atomic E-state index is 13.0. The van der Waals surface area contributed by atoms with E-state index in [0.717, 1.165) is 23.0 Å². The van der Waals surface area contributed by atoms with Crippen LogP contribution in [0, 0.1) is 0 Å². The number of nitrogens with zero attached hydrogens (tertiary/aromatic N) is 1. The molecule has 0 saturated heterocycles. The Morgan fingerprint density at radius 2 is 1.76 bits per heavy atom. The Kier molecular flexibility index (Phi) is 5.37. The van der Waals surface area contributed by atoms with Crippen molar-refractivity contribution in [2.24, 2.45) is 0 Å². The van der Waals surface area contributed by atoms with Gasteiger partial charge in [-0.05, 0) is 55.5 Å². The second-order valence-electron chi connectivity index (χ2n) is 7.70. The minimum atomic E-state index is -4.01. The largest absolute Gasteiger partial charge is 0.497 e. The molecule has 0 fully saturated rings. The third-order valence-electron chi connectivity index (χ3n) is 5.63. The van der Waals surface area contributed by atoms with Gasteiger partial charge in [-0.1, -0.05) is 18.2 Å². The van der Waals surface area contributed by atoms with Gasteiger partial charge in [-0.25, -0.2) is 0 Å². The lowest BCUT2D eigenvalue weighted by Gasteiger charge is -2.07. The van der Waals surface area contributed by atoms with Crippen LogP contribution in [0.15, 0.2) is 83.6 Å². The lowest BCUT2D eigenvalue weighted by atomic mass is 10.1. The Hall–Kier alpha value is -4.04. The highest BCUT2D eigenvalue weighted by Crippen LogP contribution is 2.37. The number of ketones is 1. The van der Waals surface area contributed by atoms with E-state index in [-0.39, 0.29) is 27.9 Å². The zero-order chi connectivity index (χ0) is 23.9. The molecule has 1 aromatic heterocycles. The first kappa shape index (κ1) is 21.8. The van der Waals surface area contributed by atoms with Crippen molar-refractivity contribution in [2.45, 2.75) is 18.4 Å². The number of hydrogen-bond acceptors (Lipinski definition) is 6. The van der Waals surface area contributed by atoms with Crippen molar-refractivity contribution in [1.82, 2.24) is 4.57 Å². The minimum absolute atomic E-state index is 0.0378. The molecular weight excluding hydrogens is 454 g/mol. The van der Waals surface area contributed by atoms with Crippen molar-refractivity contribution in [2.75, 3.05) is 7.11 Å². The summed E-state index contributed by atoms with van der Waals surface area (Å²) in [5.74, 6) is 0.881. The molecule has 0 bridgehead atoms. The number of aromatic nitrogens is 1. The molecule has 4 aromatic rings. The predicted molar refractivity (Wildman–Crippen MR) is 128 cm³/mol. The van der Waals surface area contributed by atoms with E-state index in [9.17, 15) is 13.2 Å². The maximum atomic E-state index is 13.0. The zero-order valence-corrected chi connectivity index (χ0v) is 19.3. The molecule has 2 heterocycles. The van der Waals surface area contributed by atoms with E-state index < -0.39 is 10.1 Å². The standard InChI is InChI=1S/C26H21NO6S/c1-3-27-16-17(22-14-18(31-2)10-12-23(22)27)13-25-26(28)21-11-9-19(15-24(21)32-25)33-34(29,30)20-7-5-4-6-8-20/h4-16H,3H2,1-2H3. The Morgan fingerprint density at radius 1 is 1.00 bits per heavy atom. The van der Waals surface area contributed by atoms with Crippen LogP contribution in [0.5, 0.6) is 17.2 Å². The maximum Gasteiger partial charge on any atom is 0.339 e. The van der Waals surface area contributed by atoms with Gasteiger partial charge in [-0.2, -0.15) is 8.42 Å². The monoisotopic (exact) mass is 475 g/mol. The van der Waals surface area contributed by atoms with Crippen molar-refractivity contribution in [3.8, 4) is 17.2 Å².